The van der Waals surface area contributed by atoms with Crippen molar-refractivity contribution in [3.63, 3.8) is 0 Å². The van der Waals surface area contributed by atoms with E-state index in [0.29, 0.717) is 17.7 Å². The summed E-state index contributed by atoms with van der Waals surface area (Å²) in [5.74, 6) is -5.53. The number of amides is 1. The third-order valence-electron chi connectivity index (χ3n) is 2.77. The Labute approximate surface area is 118 Å². The fourth-order valence-electron chi connectivity index (χ4n) is 1.71. The number of carbonyl (C=O) groups excluding carboxylic acids is 2. The fourth-order valence-corrected chi connectivity index (χ4v) is 1.71. The largest absolute Gasteiger partial charge is 0.322 e. The fraction of sp³-hybridized carbons (Fsp3) is 0.0667. The second-order valence-corrected chi connectivity index (χ2v) is 4.34. The van der Waals surface area contributed by atoms with Crippen LogP contribution >= 0.6 is 0 Å². The molecule has 0 spiro atoms. The molecule has 0 heterocycles. The molecule has 0 radical (unpaired) electrons. The Balaban J connectivity index is 2.26. The van der Waals surface area contributed by atoms with E-state index in [9.17, 15) is 22.8 Å². The van der Waals surface area contributed by atoms with Crippen molar-refractivity contribution in [1.29, 1.82) is 0 Å². The minimum absolute atomic E-state index is 0.190. The van der Waals surface area contributed by atoms with Crippen molar-refractivity contribution >= 4 is 17.4 Å². The van der Waals surface area contributed by atoms with E-state index in [1.807, 2.05) is 0 Å². The summed E-state index contributed by atoms with van der Waals surface area (Å²) in [6.07, 6.45) is 0. The number of carbonyl (C=O) groups is 2. The molecular formula is C15H10F3NO2. The first-order valence-corrected chi connectivity index (χ1v) is 5.95. The number of hydrogen-bond acceptors (Lipinski definition) is 2. The topological polar surface area (TPSA) is 46.2 Å². The molecular weight excluding hydrogens is 283 g/mol. The Morgan fingerprint density at radius 1 is 0.952 bits per heavy atom. The van der Waals surface area contributed by atoms with Gasteiger partial charge in [0, 0.05) is 16.8 Å². The maximum atomic E-state index is 13.1. The van der Waals surface area contributed by atoms with Crippen LogP contribution in [0.25, 0.3) is 0 Å². The van der Waals surface area contributed by atoms with Gasteiger partial charge >= 0.3 is 0 Å². The van der Waals surface area contributed by atoms with Gasteiger partial charge in [0.05, 0.1) is 0 Å². The van der Waals surface area contributed by atoms with E-state index in [-0.39, 0.29) is 17.0 Å². The summed E-state index contributed by atoms with van der Waals surface area (Å²) < 4.78 is 39.0. The summed E-state index contributed by atoms with van der Waals surface area (Å²) in [6, 6.07) is 7.26. The molecule has 0 saturated carbocycles. The van der Waals surface area contributed by atoms with Crippen molar-refractivity contribution in [3.8, 4) is 0 Å². The second kappa shape index (κ2) is 5.78. The van der Waals surface area contributed by atoms with Crippen molar-refractivity contribution < 1.29 is 22.8 Å². The van der Waals surface area contributed by atoms with Gasteiger partial charge in [-0.25, -0.2) is 13.2 Å². The number of benzene rings is 2. The van der Waals surface area contributed by atoms with Crippen LogP contribution in [0.15, 0.2) is 36.4 Å². The van der Waals surface area contributed by atoms with Gasteiger partial charge < -0.3 is 5.32 Å². The molecule has 1 amide bonds. The molecule has 0 atom stereocenters. The lowest BCUT2D eigenvalue weighted by Gasteiger charge is -2.07. The quantitative estimate of drug-likeness (QED) is 0.694. The van der Waals surface area contributed by atoms with Crippen LogP contribution in [0.4, 0.5) is 18.9 Å². The molecule has 2 aromatic rings. The van der Waals surface area contributed by atoms with E-state index in [2.05, 4.69) is 5.32 Å². The highest BCUT2D eigenvalue weighted by atomic mass is 19.2. The lowest BCUT2D eigenvalue weighted by atomic mass is 10.1. The lowest BCUT2D eigenvalue weighted by Crippen LogP contribution is -2.13. The first-order valence-electron chi connectivity index (χ1n) is 5.95. The molecule has 2 aromatic carbocycles. The van der Waals surface area contributed by atoms with Crippen LogP contribution in [0, 0.1) is 17.5 Å². The highest BCUT2D eigenvalue weighted by Crippen LogP contribution is 2.16. The zero-order valence-corrected chi connectivity index (χ0v) is 10.9. The van der Waals surface area contributed by atoms with E-state index in [0.717, 1.165) is 0 Å². The van der Waals surface area contributed by atoms with Crippen LogP contribution in [-0.2, 0) is 0 Å². The van der Waals surface area contributed by atoms with Crippen molar-refractivity contribution in [1.82, 2.24) is 0 Å². The second-order valence-electron chi connectivity index (χ2n) is 4.34. The molecule has 0 bridgehead atoms. The molecule has 2 rings (SSSR count). The van der Waals surface area contributed by atoms with Crippen molar-refractivity contribution in [3.05, 3.63) is 65.0 Å². The van der Waals surface area contributed by atoms with Gasteiger partial charge in [0.15, 0.2) is 23.2 Å². The van der Waals surface area contributed by atoms with Gasteiger partial charge in [-0.2, -0.15) is 0 Å². The maximum Gasteiger partial charge on any atom is 0.255 e. The Morgan fingerprint density at radius 2 is 1.57 bits per heavy atom. The molecule has 3 nitrogen and oxygen atoms in total. The van der Waals surface area contributed by atoms with Crippen LogP contribution in [0.3, 0.4) is 0 Å². The standard InChI is InChI=1S/C15H10F3NO2/c1-8(20)9-3-2-4-11(5-9)19-15(21)10-6-12(16)14(18)13(17)7-10/h2-7H,1H3,(H,19,21). The molecule has 108 valence electrons. The van der Waals surface area contributed by atoms with Gasteiger partial charge in [-0.3, -0.25) is 9.59 Å². The highest BCUT2D eigenvalue weighted by Gasteiger charge is 2.15. The summed E-state index contributed by atoms with van der Waals surface area (Å²) >= 11 is 0. The van der Waals surface area contributed by atoms with Crippen LogP contribution in [0.5, 0.6) is 0 Å². The van der Waals surface area contributed by atoms with E-state index >= 15 is 0 Å². The third-order valence-corrected chi connectivity index (χ3v) is 2.77. The van der Waals surface area contributed by atoms with Gasteiger partial charge in [0.2, 0.25) is 0 Å². The summed E-state index contributed by atoms with van der Waals surface area (Å²) in [7, 11) is 0. The number of anilines is 1. The average Bonchev–Trinajstić information content (AvgIpc) is 2.44. The third kappa shape index (κ3) is 3.28. The van der Waals surface area contributed by atoms with E-state index in [4.69, 9.17) is 0 Å². The molecule has 0 saturated heterocycles. The monoisotopic (exact) mass is 293 g/mol. The van der Waals surface area contributed by atoms with Gasteiger partial charge in [0.1, 0.15) is 0 Å². The van der Waals surface area contributed by atoms with E-state index < -0.39 is 23.4 Å². The van der Waals surface area contributed by atoms with Crippen molar-refractivity contribution in [2.24, 2.45) is 0 Å². The number of halogens is 3. The number of Topliss-reactive ketones (excluding diaryl/α,β-unsaturated/α-hetero) is 1. The first kappa shape index (κ1) is 14.8. The zero-order valence-electron chi connectivity index (χ0n) is 10.9. The Bertz CT molecular complexity index is 706. The van der Waals surface area contributed by atoms with E-state index in [1.54, 1.807) is 12.1 Å². The van der Waals surface area contributed by atoms with Crippen LogP contribution in [0.1, 0.15) is 27.6 Å². The first-order chi connectivity index (χ1) is 9.88. The summed E-state index contributed by atoms with van der Waals surface area (Å²) in [4.78, 5) is 23.1. The normalized spacial score (nSPS) is 10.3. The van der Waals surface area contributed by atoms with Gasteiger partial charge in [-0.05, 0) is 31.2 Å². The molecule has 0 aliphatic rings. The average molecular weight is 293 g/mol. The van der Waals surface area contributed by atoms with Crippen molar-refractivity contribution in [2.45, 2.75) is 6.92 Å². The maximum absolute atomic E-state index is 13.1. The van der Waals surface area contributed by atoms with E-state index in [1.165, 1.54) is 19.1 Å². The Hall–Kier alpha value is -2.63. The highest BCUT2D eigenvalue weighted by molar-refractivity contribution is 6.05. The molecule has 0 unspecified atom stereocenters. The molecule has 0 aliphatic heterocycles. The van der Waals surface area contributed by atoms with Gasteiger partial charge in [0.25, 0.3) is 5.91 Å². The molecule has 0 aliphatic carbocycles. The molecule has 21 heavy (non-hydrogen) atoms. The smallest absolute Gasteiger partial charge is 0.255 e. The summed E-state index contributed by atoms with van der Waals surface area (Å²) in [5.41, 5.74) is 0.307. The minimum Gasteiger partial charge on any atom is -0.322 e. The molecule has 0 fully saturated rings. The van der Waals surface area contributed by atoms with Crippen LogP contribution < -0.4 is 5.32 Å². The molecule has 6 heteroatoms. The van der Waals surface area contributed by atoms with Gasteiger partial charge in [-0.15, -0.1) is 0 Å². The molecule has 1 N–H and O–H groups in total. The van der Waals surface area contributed by atoms with Crippen molar-refractivity contribution in [2.75, 3.05) is 5.32 Å². The van der Waals surface area contributed by atoms with Crippen LogP contribution in [-0.4, -0.2) is 11.7 Å². The van der Waals surface area contributed by atoms with Gasteiger partial charge in [-0.1, -0.05) is 12.1 Å². The minimum atomic E-state index is -1.63. The number of rotatable bonds is 3. The predicted molar refractivity (Wildman–Crippen MR) is 70.7 cm³/mol. The molecule has 0 aromatic heterocycles. The Morgan fingerprint density at radius 3 is 2.14 bits per heavy atom. The lowest BCUT2D eigenvalue weighted by molar-refractivity contribution is 0.101. The Kier molecular flexibility index (Phi) is 4.07. The zero-order chi connectivity index (χ0) is 15.6. The predicted octanol–water partition coefficient (Wildman–Crippen LogP) is 3.56. The number of hydrogen-bond donors (Lipinski definition) is 1. The number of nitrogens with one attached hydrogen (secondary N) is 1. The SMILES string of the molecule is CC(=O)c1cccc(NC(=O)c2cc(F)c(F)c(F)c2)c1. The van der Waals surface area contributed by atoms with Crippen LogP contribution in [0.2, 0.25) is 0 Å². The summed E-state index contributed by atoms with van der Waals surface area (Å²) in [5, 5.41) is 2.38. The number of ketones is 1. The summed E-state index contributed by atoms with van der Waals surface area (Å²) in [6.45, 7) is 1.37.